The molecule has 1 aromatic heterocycles. The summed E-state index contributed by atoms with van der Waals surface area (Å²) in [5.74, 6) is -1.21. The zero-order chi connectivity index (χ0) is 21.9. The Morgan fingerprint density at radius 1 is 1.13 bits per heavy atom. The summed E-state index contributed by atoms with van der Waals surface area (Å²) in [5, 5.41) is 17.8. The summed E-state index contributed by atoms with van der Waals surface area (Å²) in [6.45, 7) is 0. The number of fused-ring (bicyclic) bond motifs is 3. The molecule has 2 aromatic carbocycles. The van der Waals surface area contributed by atoms with Crippen molar-refractivity contribution >= 4 is 17.7 Å². The first-order chi connectivity index (χ1) is 14.9. The first-order valence-corrected chi connectivity index (χ1v) is 10.7. The Kier molecular flexibility index (Phi) is 4.60. The second kappa shape index (κ2) is 7.21. The number of carbonyl (C=O) groups excluding carboxylic acids is 1. The minimum absolute atomic E-state index is 0.156. The monoisotopic (exact) mass is 438 g/mol. The second-order valence-corrected chi connectivity index (χ2v) is 8.63. The molecule has 0 bridgehead atoms. The lowest BCUT2D eigenvalue weighted by molar-refractivity contribution is -0.0540. The number of amides is 1. The first kappa shape index (κ1) is 19.8. The van der Waals surface area contributed by atoms with Crippen molar-refractivity contribution in [2.24, 2.45) is 0 Å². The van der Waals surface area contributed by atoms with Crippen molar-refractivity contribution in [2.75, 3.05) is 14.1 Å². The summed E-state index contributed by atoms with van der Waals surface area (Å²) in [5.41, 5.74) is 1.89. The molecule has 9 heteroatoms. The molecule has 0 spiro atoms. The second-order valence-electron chi connectivity index (χ2n) is 7.61. The molecule has 2 aliphatic rings. The Bertz CT molecular complexity index is 1280. The average Bonchev–Trinajstić information content (AvgIpc) is 2.92. The van der Waals surface area contributed by atoms with Crippen LogP contribution in [0, 0.1) is 5.82 Å². The minimum atomic E-state index is -0.712. The molecule has 158 valence electrons. The number of aromatic hydroxyl groups is 1. The van der Waals surface area contributed by atoms with Crippen LogP contribution in [0.4, 0.5) is 4.39 Å². The molecule has 2 aliphatic heterocycles. The number of aromatic nitrogens is 2. The summed E-state index contributed by atoms with van der Waals surface area (Å²) >= 11 is 1.62. The average molecular weight is 438 g/mol. The van der Waals surface area contributed by atoms with E-state index >= 15 is 0 Å². The van der Waals surface area contributed by atoms with Crippen molar-refractivity contribution in [3.8, 4) is 5.75 Å². The number of carbonyl (C=O) groups is 1. The number of halogens is 1. The predicted octanol–water partition coefficient (Wildman–Crippen LogP) is 2.96. The van der Waals surface area contributed by atoms with Gasteiger partial charge in [-0.25, -0.2) is 9.07 Å². The Labute approximate surface area is 181 Å². The summed E-state index contributed by atoms with van der Waals surface area (Å²) in [6, 6.07) is 12.7. The normalized spacial score (nSPS) is 20.6. The summed E-state index contributed by atoms with van der Waals surface area (Å²) in [6.07, 6.45) is 0.439. The van der Waals surface area contributed by atoms with Crippen molar-refractivity contribution in [3.63, 3.8) is 0 Å². The smallest absolute Gasteiger partial charge is 0.290 e. The highest BCUT2D eigenvalue weighted by atomic mass is 32.2. The van der Waals surface area contributed by atoms with E-state index in [0.29, 0.717) is 5.75 Å². The molecule has 7 nitrogen and oxygen atoms in total. The molecule has 31 heavy (non-hydrogen) atoms. The van der Waals surface area contributed by atoms with E-state index in [1.165, 1.54) is 21.8 Å². The van der Waals surface area contributed by atoms with Crippen LogP contribution in [0.15, 0.2) is 58.4 Å². The van der Waals surface area contributed by atoms with E-state index in [4.69, 9.17) is 0 Å². The van der Waals surface area contributed by atoms with E-state index in [2.05, 4.69) is 5.10 Å². The number of nitrogens with zero attached hydrogens (tertiary/aromatic N) is 4. The van der Waals surface area contributed by atoms with E-state index in [1.807, 2.05) is 24.3 Å². The highest BCUT2D eigenvalue weighted by Gasteiger charge is 2.43. The quantitative estimate of drug-likeness (QED) is 0.630. The van der Waals surface area contributed by atoms with Gasteiger partial charge in [0.2, 0.25) is 5.43 Å². The van der Waals surface area contributed by atoms with E-state index in [9.17, 15) is 19.1 Å². The Hall–Kier alpha value is -3.17. The Morgan fingerprint density at radius 3 is 2.71 bits per heavy atom. The highest BCUT2D eigenvalue weighted by Crippen LogP contribution is 2.48. The van der Waals surface area contributed by atoms with Gasteiger partial charge < -0.3 is 5.11 Å². The minimum Gasteiger partial charge on any atom is -0.502 e. The summed E-state index contributed by atoms with van der Waals surface area (Å²) < 4.78 is 15.5. The fourth-order valence-corrected chi connectivity index (χ4v) is 5.46. The molecule has 3 heterocycles. The van der Waals surface area contributed by atoms with Crippen LogP contribution in [0.2, 0.25) is 0 Å². The molecule has 1 amide bonds. The van der Waals surface area contributed by atoms with E-state index < -0.39 is 23.3 Å². The largest absolute Gasteiger partial charge is 0.502 e. The van der Waals surface area contributed by atoms with Crippen LogP contribution in [0.5, 0.6) is 5.75 Å². The van der Waals surface area contributed by atoms with E-state index in [1.54, 1.807) is 36.9 Å². The maximum absolute atomic E-state index is 14.1. The lowest BCUT2D eigenvalue weighted by Crippen LogP contribution is -2.54. The van der Waals surface area contributed by atoms with Gasteiger partial charge in [-0.2, -0.15) is 10.1 Å². The standard InChI is InChI=1S/C22H19FN4O3S/c1-25-21(27-19(22(30)26(25)2)20(29)16(28)10-24-27)18-14-8-7-13(23)9-12(14)11-31-17-6-4-3-5-15(17)18/h3-10,18,21,29H,11H2,1-2H3/t18-,21+/m1/s1. The van der Waals surface area contributed by atoms with Gasteiger partial charge in [-0.05, 0) is 34.9 Å². The fraction of sp³-hybridized carbons (Fsp3) is 0.227. The van der Waals surface area contributed by atoms with Crippen molar-refractivity contribution < 1.29 is 14.3 Å². The zero-order valence-corrected chi connectivity index (χ0v) is 17.6. The van der Waals surface area contributed by atoms with E-state index in [-0.39, 0.29) is 17.4 Å². The van der Waals surface area contributed by atoms with Gasteiger partial charge in [0.15, 0.2) is 11.4 Å². The van der Waals surface area contributed by atoms with Crippen molar-refractivity contribution in [1.29, 1.82) is 0 Å². The van der Waals surface area contributed by atoms with Crippen molar-refractivity contribution in [3.05, 3.63) is 87.1 Å². The van der Waals surface area contributed by atoms with Gasteiger partial charge in [0.1, 0.15) is 12.0 Å². The highest BCUT2D eigenvalue weighted by molar-refractivity contribution is 7.98. The molecule has 0 fully saturated rings. The molecule has 2 atom stereocenters. The van der Waals surface area contributed by atoms with Gasteiger partial charge in [0.25, 0.3) is 5.91 Å². The SMILES string of the molecule is CN1C(=O)c2c(O)c(=O)cnn2[C@@H]([C@@H]2c3ccc(F)cc3CSc3ccccc32)N1C. The van der Waals surface area contributed by atoms with Gasteiger partial charge in [0, 0.05) is 30.7 Å². The number of likely N-dealkylation sites (N-methyl/N-ethyl adjacent to an activating group) is 1. The molecular formula is C22H19FN4O3S. The first-order valence-electron chi connectivity index (χ1n) is 9.70. The van der Waals surface area contributed by atoms with Crippen LogP contribution in [-0.2, 0) is 5.75 Å². The third-order valence-electron chi connectivity index (χ3n) is 5.96. The molecule has 5 rings (SSSR count). The Balaban J connectivity index is 1.82. The van der Waals surface area contributed by atoms with Crippen LogP contribution >= 0.6 is 11.8 Å². The maximum Gasteiger partial charge on any atom is 0.290 e. The van der Waals surface area contributed by atoms with Crippen LogP contribution in [0.25, 0.3) is 0 Å². The number of thioether (sulfide) groups is 1. The molecule has 3 aromatic rings. The number of hydrogen-bond donors (Lipinski definition) is 1. The van der Waals surface area contributed by atoms with Crippen LogP contribution in [0.1, 0.15) is 39.3 Å². The number of hydrazine groups is 1. The molecule has 1 N–H and O–H groups in total. The summed E-state index contributed by atoms with van der Waals surface area (Å²) in [7, 11) is 3.34. The third-order valence-corrected chi connectivity index (χ3v) is 7.10. The lowest BCUT2D eigenvalue weighted by Gasteiger charge is -2.44. The molecule has 0 saturated heterocycles. The molecular weight excluding hydrogens is 419 g/mol. The topological polar surface area (TPSA) is 78.7 Å². The third kappa shape index (κ3) is 2.95. The molecule has 0 radical (unpaired) electrons. The molecule has 0 saturated carbocycles. The van der Waals surface area contributed by atoms with Gasteiger partial charge in [0.05, 0.1) is 6.20 Å². The zero-order valence-electron chi connectivity index (χ0n) is 16.8. The van der Waals surface area contributed by atoms with Crippen LogP contribution < -0.4 is 5.43 Å². The number of hydrogen-bond acceptors (Lipinski definition) is 6. The van der Waals surface area contributed by atoms with Gasteiger partial charge in [-0.15, -0.1) is 11.8 Å². The maximum atomic E-state index is 14.1. The molecule has 0 unspecified atom stereocenters. The van der Waals surface area contributed by atoms with Gasteiger partial charge in [-0.3, -0.25) is 14.6 Å². The van der Waals surface area contributed by atoms with Crippen molar-refractivity contribution in [2.45, 2.75) is 22.7 Å². The Morgan fingerprint density at radius 2 is 1.90 bits per heavy atom. The van der Waals surface area contributed by atoms with Gasteiger partial charge >= 0.3 is 0 Å². The summed E-state index contributed by atoms with van der Waals surface area (Å²) in [4.78, 5) is 26.0. The fourth-order valence-electron chi connectivity index (χ4n) is 4.36. The van der Waals surface area contributed by atoms with Crippen molar-refractivity contribution in [1.82, 2.24) is 19.8 Å². The van der Waals surface area contributed by atoms with Crippen LogP contribution in [0.3, 0.4) is 0 Å². The lowest BCUT2D eigenvalue weighted by atomic mass is 9.85. The van der Waals surface area contributed by atoms with E-state index in [0.717, 1.165) is 27.8 Å². The predicted molar refractivity (Wildman–Crippen MR) is 113 cm³/mol. The van der Waals surface area contributed by atoms with Gasteiger partial charge in [-0.1, -0.05) is 24.3 Å². The number of benzene rings is 2. The van der Waals surface area contributed by atoms with Crippen LogP contribution in [-0.4, -0.2) is 44.9 Å². The molecule has 0 aliphatic carbocycles. The number of rotatable bonds is 1.